The summed E-state index contributed by atoms with van der Waals surface area (Å²) in [6, 6.07) is 5.23. The van der Waals surface area contributed by atoms with Gasteiger partial charge in [0.1, 0.15) is 5.75 Å². The molecular weight excluding hydrogens is 294 g/mol. The number of hydrogen-bond acceptors (Lipinski definition) is 4. The van der Waals surface area contributed by atoms with Crippen molar-refractivity contribution in [1.82, 2.24) is 10.6 Å². The molecule has 0 saturated carbocycles. The molecule has 1 aromatic carbocycles. The first-order chi connectivity index (χ1) is 10.1. The molecule has 7 heteroatoms. The standard InChI is InChI=1S/C14H20ClN3O3/c1-16-13(19)5-8-18-14(20)6-7-17-11-9-10(15)3-4-12(11)21-2/h3-4,9,17H,5-8H2,1-2H3,(H,16,19)(H,18,20). The van der Waals surface area contributed by atoms with Crippen LogP contribution < -0.4 is 20.7 Å². The fourth-order valence-corrected chi connectivity index (χ4v) is 1.83. The highest BCUT2D eigenvalue weighted by molar-refractivity contribution is 6.30. The van der Waals surface area contributed by atoms with E-state index in [-0.39, 0.29) is 18.2 Å². The number of anilines is 1. The molecule has 3 N–H and O–H groups in total. The lowest BCUT2D eigenvalue weighted by Crippen LogP contribution is -2.30. The molecule has 0 atom stereocenters. The summed E-state index contributed by atoms with van der Waals surface area (Å²) in [7, 11) is 3.13. The van der Waals surface area contributed by atoms with Gasteiger partial charge in [0.25, 0.3) is 0 Å². The lowest BCUT2D eigenvalue weighted by molar-refractivity contribution is -0.121. The Morgan fingerprint density at radius 1 is 1.19 bits per heavy atom. The highest BCUT2D eigenvalue weighted by Gasteiger charge is 2.06. The summed E-state index contributed by atoms with van der Waals surface area (Å²) < 4.78 is 5.20. The van der Waals surface area contributed by atoms with Crippen LogP contribution in [0.15, 0.2) is 18.2 Å². The number of hydrogen-bond donors (Lipinski definition) is 3. The number of halogens is 1. The average molecular weight is 314 g/mol. The molecule has 6 nitrogen and oxygen atoms in total. The molecule has 0 spiro atoms. The summed E-state index contributed by atoms with van der Waals surface area (Å²) in [6.45, 7) is 0.779. The first kappa shape index (κ1) is 17.1. The third kappa shape index (κ3) is 6.35. The fourth-order valence-electron chi connectivity index (χ4n) is 1.66. The lowest BCUT2D eigenvalue weighted by atomic mass is 10.2. The van der Waals surface area contributed by atoms with Gasteiger partial charge in [0.05, 0.1) is 12.8 Å². The van der Waals surface area contributed by atoms with E-state index in [1.807, 2.05) is 0 Å². The Bertz CT molecular complexity index is 494. The zero-order chi connectivity index (χ0) is 15.7. The van der Waals surface area contributed by atoms with Crippen molar-refractivity contribution in [2.75, 3.05) is 32.6 Å². The molecule has 116 valence electrons. The second kappa shape index (κ2) is 9.07. The molecule has 0 aliphatic carbocycles. The zero-order valence-corrected chi connectivity index (χ0v) is 12.9. The number of benzene rings is 1. The van der Waals surface area contributed by atoms with Crippen LogP contribution in [0.1, 0.15) is 12.8 Å². The van der Waals surface area contributed by atoms with Crippen LogP contribution in [-0.2, 0) is 9.59 Å². The maximum atomic E-state index is 11.6. The number of rotatable bonds is 8. The summed E-state index contributed by atoms with van der Waals surface area (Å²) >= 11 is 5.91. The van der Waals surface area contributed by atoms with Gasteiger partial charge >= 0.3 is 0 Å². The molecule has 1 rings (SSSR count). The molecule has 0 aromatic heterocycles. The van der Waals surface area contributed by atoms with Crippen molar-refractivity contribution < 1.29 is 14.3 Å². The average Bonchev–Trinajstić information content (AvgIpc) is 2.47. The highest BCUT2D eigenvalue weighted by atomic mass is 35.5. The molecule has 0 radical (unpaired) electrons. The Hall–Kier alpha value is -1.95. The summed E-state index contributed by atoms with van der Waals surface area (Å²) in [5.41, 5.74) is 0.739. The van der Waals surface area contributed by atoms with Crippen LogP contribution in [0.25, 0.3) is 0 Å². The van der Waals surface area contributed by atoms with Gasteiger partial charge in [0.15, 0.2) is 0 Å². The van der Waals surface area contributed by atoms with Gasteiger partial charge in [-0.2, -0.15) is 0 Å². The van der Waals surface area contributed by atoms with Crippen molar-refractivity contribution >= 4 is 29.1 Å². The van der Waals surface area contributed by atoms with E-state index in [0.717, 1.165) is 5.69 Å². The minimum absolute atomic E-state index is 0.0999. The predicted octanol–water partition coefficient (Wildman–Crippen LogP) is 1.40. The molecule has 0 aliphatic heterocycles. The fraction of sp³-hybridized carbons (Fsp3) is 0.429. The molecule has 0 aliphatic rings. The number of ether oxygens (including phenoxy) is 1. The highest BCUT2D eigenvalue weighted by Crippen LogP contribution is 2.27. The van der Waals surface area contributed by atoms with Crippen LogP contribution in [0.3, 0.4) is 0 Å². The van der Waals surface area contributed by atoms with E-state index in [4.69, 9.17) is 16.3 Å². The Labute approximate surface area is 129 Å². The van der Waals surface area contributed by atoms with Crippen LogP contribution in [-0.4, -0.2) is 39.1 Å². The van der Waals surface area contributed by atoms with Gasteiger partial charge in [-0.25, -0.2) is 0 Å². The van der Waals surface area contributed by atoms with Crippen molar-refractivity contribution in [3.8, 4) is 5.75 Å². The molecular formula is C14H20ClN3O3. The first-order valence-electron chi connectivity index (χ1n) is 6.61. The van der Waals surface area contributed by atoms with E-state index in [9.17, 15) is 9.59 Å². The first-order valence-corrected chi connectivity index (χ1v) is 6.99. The Balaban J connectivity index is 2.31. The smallest absolute Gasteiger partial charge is 0.221 e. The number of amides is 2. The second-order valence-corrected chi connectivity index (χ2v) is 4.73. The minimum atomic E-state index is -0.118. The van der Waals surface area contributed by atoms with E-state index >= 15 is 0 Å². The van der Waals surface area contributed by atoms with Crippen molar-refractivity contribution in [3.05, 3.63) is 23.2 Å². The van der Waals surface area contributed by atoms with Crippen molar-refractivity contribution in [2.45, 2.75) is 12.8 Å². The van der Waals surface area contributed by atoms with E-state index in [0.29, 0.717) is 30.3 Å². The van der Waals surface area contributed by atoms with Gasteiger partial charge in [0.2, 0.25) is 11.8 Å². The summed E-state index contributed by atoms with van der Waals surface area (Å²) in [5.74, 6) is 0.448. The van der Waals surface area contributed by atoms with Gasteiger partial charge in [0, 0.05) is 38.0 Å². The van der Waals surface area contributed by atoms with Crippen molar-refractivity contribution in [2.24, 2.45) is 0 Å². The van der Waals surface area contributed by atoms with E-state index in [2.05, 4.69) is 16.0 Å². The number of carbonyl (C=O) groups excluding carboxylic acids is 2. The molecule has 0 fully saturated rings. The van der Waals surface area contributed by atoms with Gasteiger partial charge in [-0.15, -0.1) is 0 Å². The maximum Gasteiger partial charge on any atom is 0.221 e. The molecule has 0 bridgehead atoms. The number of carbonyl (C=O) groups is 2. The van der Waals surface area contributed by atoms with Crippen molar-refractivity contribution in [3.63, 3.8) is 0 Å². The van der Waals surface area contributed by atoms with E-state index in [1.54, 1.807) is 32.4 Å². The van der Waals surface area contributed by atoms with E-state index < -0.39 is 0 Å². The zero-order valence-electron chi connectivity index (χ0n) is 12.2. The molecule has 0 saturated heterocycles. The van der Waals surface area contributed by atoms with Crippen LogP contribution in [0.4, 0.5) is 5.69 Å². The second-order valence-electron chi connectivity index (χ2n) is 4.29. The molecule has 0 unspecified atom stereocenters. The summed E-state index contributed by atoms with van der Waals surface area (Å²) in [4.78, 5) is 22.6. The Morgan fingerprint density at radius 2 is 1.90 bits per heavy atom. The van der Waals surface area contributed by atoms with Gasteiger partial charge in [-0.05, 0) is 18.2 Å². The third-order valence-electron chi connectivity index (χ3n) is 2.78. The minimum Gasteiger partial charge on any atom is -0.495 e. The number of nitrogens with one attached hydrogen (secondary N) is 3. The van der Waals surface area contributed by atoms with Gasteiger partial charge in [-0.1, -0.05) is 11.6 Å². The topological polar surface area (TPSA) is 79.5 Å². The van der Waals surface area contributed by atoms with Gasteiger partial charge in [-0.3, -0.25) is 9.59 Å². The summed E-state index contributed by atoms with van der Waals surface area (Å²) in [5, 5.41) is 8.86. The Morgan fingerprint density at radius 3 is 2.57 bits per heavy atom. The van der Waals surface area contributed by atoms with Crippen molar-refractivity contribution in [1.29, 1.82) is 0 Å². The maximum absolute atomic E-state index is 11.6. The lowest BCUT2D eigenvalue weighted by Gasteiger charge is -2.11. The van der Waals surface area contributed by atoms with Crippen LogP contribution >= 0.6 is 11.6 Å². The Kier molecular flexibility index (Phi) is 7.39. The molecule has 2 amide bonds. The SMILES string of the molecule is CNC(=O)CCNC(=O)CCNc1cc(Cl)ccc1OC. The molecule has 1 aromatic rings. The molecule has 0 heterocycles. The van der Waals surface area contributed by atoms with Crippen LogP contribution in [0, 0.1) is 0 Å². The van der Waals surface area contributed by atoms with Crippen LogP contribution in [0.2, 0.25) is 5.02 Å². The van der Waals surface area contributed by atoms with E-state index in [1.165, 1.54) is 0 Å². The normalized spacial score (nSPS) is 9.86. The van der Waals surface area contributed by atoms with Gasteiger partial charge < -0.3 is 20.7 Å². The third-order valence-corrected chi connectivity index (χ3v) is 3.02. The quantitative estimate of drug-likeness (QED) is 0.678. The largest absolute Gasteiger partial charge is 0.495 e. The summed E-state index contributed by atoms with van der Waals surface area (Å²) in [6.07, 6.45) is 0.571. The molecule has 21 heavy (non-hydrogen) atoms. The number of methoxy groups -OCH3 is 1. The monoisotopic (exact) mass is 313 g/mol. The van der Waals surface area contributed by atoms with Crippen LogP contribution in [0.5, 0.6) is 5.75 Å². The predicted molar refractivity (Wildman–Crippen MR) is 82.8 cm³/mol.